The summed E-state index contributed by atoms with van der Waals surface area (Å²) in [5.41, 5.74) is 7.04. The van der Waals surface area contributed by atoms with Gasteiger partial charge in [0.1, 0.15) is 27.9 Å². The van der Waals surface area contributed by atoms with Gasteiger partial charge in [-0.1, -0.05) is 129 Å². The third-order valence-electron chi connectivity index (χ3n) is 12.2. The molecule has 13 heteroatoms. The Bertz CT molecular complexity index is 3360. The number of hydrogen-bond acceptors (Lipinski definition) is 10. The SMILES string of the molecule is CCCCOc1ccc(OCCCC)c(Sc2ccc(C)cc2)c1.Cc1cc(O)c(C)c2c(S(=O)(=O)O)cccc12.Cc1cc(O)c(C)c2ccccc12.Cc1ccc(N(C)C)cc1S(=O)(=O)Cc1ccccc1. The minimum atomic E-state index is -4.30. The largest absolute Gasteiger partial charge is 0.508 e. The Morgan fingerprint density at radius 3 is 1.76 bits per heavy atom. The molecule has 3 N–H and O–H groups in total. The highest BCUT2D eigenvalue weighted by Gasteiger charge is 2.20. The summed E-state index contributed by atoms with van der Waals surface area (Å²) in [6.07, 6.45) is 4.43. The van der Waals surface area contributed by atoms with Crippen LogP contribution in [0.15, 0.2) is 165 Å². The van der Waals surface area contributed by atoms with Gasteiger partial charge < -0.3 is 24.6 Å². The van der Waals surface area contributed by atoms with E-state index in [1.54, 1.807) is 49.9 Å². The van der Waals surface area contributed by atoms with Crippen LogP contribution < -0.4 is 14.4 Å². The molecule has 0 aliphatic rings. The number of ether oxygens (including phenoxy) is 2. The fourth-order valence-electron chi connectivity index (χ4n) is 7.91. The fourth-order valence-corrected chi connectivity index (χ4v) is 11.3. The number of phenolic OH excluding ortho intramolecular Hbond substituents is 2. The molecule has 0 heterocycles. The van der Waals surface area contributed by atoms with Gasteiger partial charge in [0, 0.05) is 35.6 Å². The number of fused-ring (bicyclic) bond motifs is 2. The molecule has 0 saturated carbocycles. The molecule has 0 radical (unpaired) electrons. The Hall–Kier alpha value is -6.51. The number of aryl methyl sites for hydroxylation is 6. The second kappa shape index (κ2) is 27.1. The molecule has 0 amide bonds. The van der Waals surface area contributed by atoms with Gasteiger partial charge >= 0.3 is 0 Å². The van der Waals surface area contributed by atoms with Gasteiger partial charge in [0.15, 0.2) is 9.84 Å². The molecule has 8 rings (SSSR count). The highest BCUT2D eigenvalue weighted by atomic mass is 32.2. The van der Waals surface area contributed by atoms with Gasteiger partial charge in [0.05, 0.1) is 28.8 Å². The Morgan fingerprint density at radius 2 is 1.14 bits per heavy atom. The maximum atomic E-state index is 12.6. The standard InChI is InChI=1S/C21H28O2S.C16H19NO2S.C12H12O4S.C12H12O/c1-4-6-14-22-18-10-13-20(23-15-7-5-2)21(16-18)24-19-11-8-17(3)9-12-19;1-13-9-10-15(17(2)3)11-16(13)20(18,19)12-14-7-5-4-6-8-14;1-7-6-10(13)8(2)12-9(7)4-3-5-11(12)17(14,15)16;1-8-7-12(13)9(2)11-6-4-3-5-10(8)11/h8-13,16H,4-7,14-15H2,1-3H3;4-11H,12H2,1-3H3;3-6,13H,1-2H3,(H,14,15,16);3-7,13H,1-2H3. The van der Waals surface area contributed by atoms with Crippen molar-refractivity contribution in [3.8, 4) is 23.0 Å². The molecule has 0 aliphatic carbocycles. The Labute approximate surface area is 443 Å². The lowest BCUT2D eigenvalue weighted by Crippen LogP contribution is -2.12. The van der Waals surface area contributed by atoms with Gasteiger partial charge in [0.2, 0.25) is 0 Å². The zero-order valence-electron chi connectivity index (χ0n) is 44.3. The van der Waals surface area contributed by atoms with E-state index in [1.165, 1.54) is 21.9 Å². The minimum Gasteiger partial charge on any atom is -0.508 e. The van der Waals surface area contributed by atoms with Crippen LogP contribution in [0.5, 0.6) is 23.0 Å². The zero-order chi connectivity index (χ0) is 54.2. The molecular formula is C61H71NO9S3. The van der Waals surface area contributed by atoms with E-state index in [-0.39, 0.29) is 16.4 Å². The summed E-state index contributed by atoms with van der Waals surface area (Å²) in [6.45, 7) is 17.2. The van der Waals surface area contributed by atoms with Crippen molar-refractivity contribution < 1.29 is 41.1 Å². The van der Waals surface area contributed by atoms with Crippen molar-refractivity contribution in [3.63, 3.8) is 0 Å². The van der Waals surface area contributed by atoms with Crippen LogP contribution in [-0.2, 0) is 25.7 Å². The van der Waals surface area contributed by atoms with Crippen molar-refractivity contribution >= 4 is 58.9 Å². The number of hydrogen-bond donors (Lipinski definition) is 3. The second-order valence-electron chi connectivity index (χ2n) is 18.4. The van der Waals surface area contributed by atoms with E-state index in [0.29, 0.717) is 27.0 Å². The highest BCUT2D eigenvalue weighted by Crippen LogP contribution is 2.38. The molecule has 0 atom stereocenters. The fraction of sp³-hybridized carbons (Fsp3) is 0.279. The molecule has 0 saturated heterocycles. The van der Waals surface area contributed by atoms with Crippen LogP contribution in [0.4, 0.5) is 5.69 Å². The molecule has 8 aromatic rings. The molecule has 74 heavy (non-hydrogen) atoms. The lowest BCUT2D eigenvalue weighted by Gasteiger charge is -2.15. The summed E-state index contributed by atoms with van der Waals surface area (Å²) in [5.74, 6) is 2.30. The number of rotatable bonds is 15. The number of aromatic hydroxyl groups is 2. The summed E-state index contributed by atoms with van der Waals surface area (Å²) < 4.78 is 68.8. The Kier molecular flexibility index (Phi) is 21.4. The summed E-state index contributed by atoms with van der Waals surface area (Å²) in [7, 11) is -3.82. The summed E-state index contributed by atoms with van der Waals surface area (Å²) >= 11 is 1.73. The van der Waals surface area contributed by atoms with Crippen LogP contribution >= 0.6 is 11.8 Å². The van der Waals surface area contributed by atoms with Crippen molar-refractivity contribution in [2.75, 3.05) is 32.2 Å². The second-order valence-corrected chi connectivity index (χ2v) is 22.9. The number of phenols is 2. The number of benzene rings is 8. The first kappa shape index (κ1) is 58.4. The van der Waals surface area contributed by atoms with Crippen LogP contribution in [0.1, 0.15) is 78.5 Å². The van der Waals surface area contributed by atoms with Crippen LogP contribution in [0, 0.1) is 41.5 Å². The van der Waals surface area contributed by atoms with E-state index in [0.717, 1.165) is 94.2 Å². The van der Waals surface area contributed by atoms with Crippen LogP contribution in [0.2, 0.25) is 0 Å². The first-order valence-electron chi connectivity index (χ1n) is 24.7. The maximum absolute atomic E-state index is 12.6. The summed E-state index contributed by atoms with van der Waals surface area (Å²) in [5, 5.41) is 22.7. The third kappa shape index (κ3) is 16.2. The van der Waals surface area contributed by atoms with Crippen molar-refractivity contribution in [1.82, 2.24) is 0 Å². The normalized spacial score (nSPS) is 11.1. The van der Waals surface area contributed by atoms with Gasteiger partial charge in [-0.2, -0.15) is 8.42 Å². The number of unbranched alkanes of at least 4 members (excludes halogenated alkanes) is 2. The topological polar surface area (TPSA) is 151 Å². The molecule has 10 nitrogen and oxygen atoms in total. The van der Waals surface area contributed by atoms with Gasteiger partial charge in [-0.25, -0.2) is 8.42 Å². The quantitative estimate of drug-likeness (QED) is 0.0665. The van der Waals surface area contributed by atoms with Crippen molar-refractivity contribution in [2.24, 2.45) is 0 Å². The molecule has 392 valence electrons. The van der Waals surface area contributed by atoms with Crippen LogP contribution in [0.25, 0.3) is 21.5 Å². The van der Waals surface area contributed by atoms with Gasteiger partial charge in [-0.3, -0.25) is 4.55 Å². The third-order valence-corrected chi connectivity index (χ3v) is 16.0. The van der Waals surface area contributed by atoms with E-state index in [2.05, 4.69) is 57.2 Å². The van der Waals surface area contributed by atoms with E-state index in [4.69, 9.17) is 9.47 Å². The smallest absolute Gasteiger partial charge is 0.295 e. The van der Waals surface area contributed by atoms with E-state index < -0.39 is 20.0 Å². The molecule has 0 bridgehead atoms. The van der Waals surface area contributed by atoms with Gasteiger partial charge in [-0.15, -0.1) is 0 Å². The number of nitrogens with zero attached hydrogens (tertiary/aromatic N) is 1. The predicted octanol–water partition coefficient (Wildman–Crippen LogP) is 15.1. The van der Waals surface area contributed by atoms with Crippen molar-refractivity contribution in [2.45, 2.75) is 106 Å². The Morgan fingerprint density at radius 1 is 0.554 bits per heavy atom. The monoisotopic (exact) mass is 1060 g/mol. The van der Waals surface area contributed by atoms with Gasteiger partial charge in [-0.05, 0) is 159 Å². The Balaban J connectivity index is 0.000000186. The average Bonchev–Trinajstić information content (AvgIpc) is 3.37. The zero-order valence-corrected chi connectivity index (χ0v) is 46.7. The molecule has 0 aromatic heterocycles. The van der Waals surface area contributed by atoms with Crippen molar-refractivity contribution in [3.05, 3.63) is 185 Å². The summed E-state index contributed by atoms with van der Waals surface area (Å²) in [6, 6.07) is 45.7. The van der Waals surface area contributed by atoms with Crippen LogP contribution in [-0.4, -0.2) is 58.9 Å². The lowest BCUT2D eigenvalue weighted by atomic mass is 10.0. The van der Waals surface area contributed by atoms with E-state index in [9.17, 15) is 31.6 Å². The van der Waals surface area contributed by atoms with E-state index in [1.807, 2.05) is 119 Å². The highest BCUT2D eigenvalue weighted by molar-refractivity contribution is 7.99. The minimum absolute atomic E-state index is 0.0195. The van der Waals surface area contributed by atoms with Crippen molar-refractivity contribution in [1.29, 1.82) is 0 Å². The first-order chi connectivity index (χ1) is 35.1. The van der Waals surface area contributed by atoms with E-state index >= 15 is 0 Å². The molecule has 0 aliphatic heterocycles. The molecule has 0 spiro atoms. The number of anilines is 1. The molecule has 8 aromatic carbocycles. The molecule has 0 fully saturated rings. The first-order valence-corrected chi connectivity index (χ1v) is 28.6. The lowest BCUT2D eigenvalue weighted by molar-refractivity contribution is 0.295. The number of sulfone groups is 1. The van der Waals surface area contributed by atoms with Crippen LogP contribution in [0.3, 0.4) is 0 Å². The maximum Gasteiger partial charge on any atom is 0.295 e. The molecule has 0 unspecified atom stereocenters. The van der Waals surface area contributed by atoms with Gasteiger partial charge in [0.25, 0.3) is 10.1 Å². The average molecular weight is 1060 g/mol. The molecular weight excluding hydrogens is 987 g/mol. The predicted molar refractivity (Wildman–Crippen MR) is 305 cm³/mol. The summed E-state index contributed by atoms with van der Waals surface area (Å²) in [4.78, 5) is 4.47.